The van der Waals surface area contributed by atoms with E-state index in [1.165, 1.54) is 0 Å². The molecule has 0 atom stereocenters. The molecular weight excluding hydrogens is 146 g/mol. The summed E-state index contributed by atoms with van der Waals surface area (Å²) in [5, 5.41) is 8.66. The lowest BCUT2D eigenvalue weighted by Crippen LogP contribution is -2.50. The van der Waals surface area contributed by atoms with Crippen LogP contribution in [-0.2, 0) is 4.79 Å². The van der Waals surface area contributed by atoms with Crippen molar-refractivity contribution in [1.29, 1.82) is 0 Å². The molecule has 5 nitrogen and oxygen atoms in total. The van der Waals surface area contributed by atoms with Gasteiger partial charge in [-0.25, -0.2) is 0 Å². The van der Waals surface area contributed by atoms with Gasteiger partial charge in [-0.15, -0.1) is 0 Å². The first-order valence-electron chi connectivity index (χ1n) is 3.49. The van der Waals surface area contributed by atoms with Gasteiger partial charge in [-0.3, -0.25) is 4.79 Å². The van der Waals surface area contributed by atoms with Gasteiger partial charge in [0.1, 0.15) is 5.54 Å². The Morgan fingerprint density at radius 2 is 1.64 bits per heavy atom. The number of hydrogen-bond acceptors (Lipinski definition) is 4. The lowest BCUT2D eigenvalue weighted by molar-refractivity contribution is -0.143. The molecule has 0 fully saturated rings. The van der Waals surface area contributed by atoms with E-state index in [4.69, 9.17) is 22.3 Å². The molecule has 0 saturated carbocycles. The van der Waals surface area contributed by atoms with Crippen LogP contribution in [0.5, 0.6) is 0 Å². The lowest BCUT2D eigenvalue weighted by Gasteiger charge is -2.22. The first kappa shape index (κ1) is 10.3. The van der Waals surface area contributed by atoms with Gasteiger partial charge < -0.3 is 22.3 Å². The molecule has 5 heteroatoms. The summed E-state index contributed by atoms with van der Waals surface area (Å²) in [6.07, 6.45) is 0.527. The van der Waals surface area contributed by atoms with Crippen molar-refractivity contribution in [3.05, 3.63) is 0 Å². The van der Waals surface area contributed by atoms with Crippen LogP contribution < -0.4 is 17.2 Å². The summed E-state index contributed by atoms with van der Waals surface area (Å²) >= 11 is 0. The van der Waals surface area contributed by atoms with Crippen LogP contribution in [-0.4, -0.2) is 29.7 Å². The molecule has 0 heterocycles. The third kappa shape index (κ3) is 2.83. The van der Waals surface area contributed by atoms with E-state index in [-0.39, 0.29) is 25.9 Å². The van der Waals surface area contributed by atoms with Crippen LogP contribution in [0.2, 0.25) is 0 Å². The number of hydrogen-bond donors (Lipinski definition) is 4. The Morgan fingerprint density at radius 3 is 1.82 bits per heavy atom. The van der Waals surface area contributed by atoms with Gasteiger partial charge in [-0.05, 0) is 25.9 Å². The molecule has 0 radical (unpaired) electrons. The van der Waals surface area contributed by atoms with Gasteiger partial charge >= 0.3 is 5.97 Å². The maximum atomic E-state index is 10.6. The molecule has 7 N–H and O–H groups in total. The lowest BCUT2D eigenvalue weighted by atomic mass is 9.93. The average molecular weight is 161 g/mol. The van der Waals surface area contributed by atoms with Crippen LogP contribution in [0, 0.1) is 0 Å². The van der Waals surface area contributed by atoms with E-state index < -0.39 is 11.5 Å². The van der Waals surface area contributed by atoms with Crippen molar-refractivity contribution in [3.63, 3.8) is 0 Å². The minimum absolute atomic E-state index is 0.263. The smallest absolute Gasteiger partial charge is 0.323 e. The minimum atomic E-state index is -1.23. The Morgan fingerprint density at radius 1 is 1.27 bits per heavy atom. The van der Waals surface area contributed by atoms with Gasteiger partial charge in [0.2, 0.25) is 0 Å². The van der Waals surface area contributed by atoms with Crippen molar-refractivity contribution in [1.82, 2.24) is 0 Å². The SMILES string of the molecule is NCCC(N)(CCN)C(=O)O. The fourth-order valence-electron chi connectivity index (χ4n) is 0.854. The molecule has 0 aromatic rings. The van der Waals surface area contributed by atoms with Crippen molar-refractivity contribution in [2.75, 3.05) is 13.1 Å². The van der Waals surface area contributed by atoms with Gasteiger partial charge in [0, 0.05) is 0 Å². The first-order chi connectivity index (χ1) is 5.06. The van der Waals surface area contributed by atoms with Crippen LogP contribution in [0.4, 0.5) is 0 Å². The monoisotopic (exact) mass is 161 g/mol. The molecule has 0 saturated heterocycles. The van der Waals surface area contributed by atoms with Crippen LogP contribution in [0.1, 0.15) is 12.8 Å². The summed E-state index contributed by atoms with van der Waals surface area (Å²) in [7, 11) is 0. The van der Waals surface area contributed by atoms with E-state index in [9.17, 15) is 4.79 Å². The summed E-state index contributed by atoms with van der Waals surface area (Å²) in [5.74, 6) is -1.03. The summed E-state index contributed by atoms with van der Waals surface area (Å²) < 4.78 is 0. The van der Waals surface area contributed by atoms with E-state index in [1.54, 1.807) is 0 Å². The maximum absolute atomic E-state index is 10.6. The Kier molecular flexibility index (Phi) is 4.02. The van der Waals surface area contributed by atoms with Gasteiger partial charge in [0.25, 0.3) is 0 Å². The van der Waals surface area contributed by atoms with E-state index in [0.29, 0.717) is 0 Å². The minimum Gasteiger partial charge on any atom is -0.480 e. The van der Waals surface area contributed by atoms with Gasteiger partial charge in [-0.2, -0.15) is 0 Å². The second-order valence-corrected chi connectivity index (χ2v) is 2.54. The largest absolute Gasteiger partial charge is 0.480 e. The maximum Gasteiger partial charge on any atom is 0.323 e. The number of aliphatic carboxylic acids is 1. The van der Waals surface area contributed by atoms with E-state index in [0.717, 1.165) is 0 Å². The summed E-state index contributed by atoms with van der Waals surface area (Å²) in [6.45, 7) is 0.533. The van der Waals surface area contributed by atoms with Crippen LogP contribution >= 0.6 is 0 Å². The van der Waals surface area contributed by atoms with Gasteiger partial charge in [0.05, 0.1) is 0 Å². The van der Waals surface area contributed by atoms with E-state index in [2.05, 4.69) is 0 Å². The topological polar surface area (TPSA) is 115 Å². The van der Waals surface area contributed by atoms with Gasteiger partial charge in [-0.1, -0.05) is 0 Å². The zero-order valence-electron chi connectivity index (χ0n) is 6.42. The van der Waals surface area contributed by atoms with E-state index >= 15 is 0 Å². The number of nitrogens with two attached hydrogens (primary N) is 3. The zero-order valence-corrected chi connectivity index (χ0v) is 6.42. The van der Waals surface area contributed by atoms with Crippen molar-refractivity contribution >= 4 is 5.97 Å². The highest BCUT2D eigenvalue weighted by atomic mass is 16.4. The first-order valence-corrected chi connectivity index (χ1v) is 3.49. The number of carboxylic acid groups (broad SMARTS) is 1. The van der Waals surface area contributed by atoms with Crippen molar-refractivity contribution < 1.29 is 9.90 Å². The molecule has 66 valence electrons. The van der Waals surface area contributed by atoms with E-state index in [1.807, 2.05) is 0 Å². The molecule has 0 aromatic carbocycles. The molecule has 0 aliphatic carbocycles. The quantitative estimate of drug-likeness (QED) is 0.390. The van der Waals surface area contributed by atoms with Crippen LogP contribution in [0.15, 0.2) is 0 Å². The summed E-state index contributed by atoms with van der Waals surface area (Å²) in [6, 6.07) is 0. The highest BCUT2D eigenvalue weighted by Gasteiger charge is 2.31. The van der Waals surface area contributed by atoms with Crippen LogP contribution in [0.3, 0.4) is 0 Å². The molecule has 0 amide bonds. The van der Waals surface area contributed by atoms with Crippen molar-refractivity contribution in [2.24, 2.45) is 17.2 Å². The molecule has 0 aromatic heterocycles. The predicted octanol–water partition coefficient (Wildman–Crippen LogP) is -1.53. The molecule has 0 unspecified atom stereocenters. The average Bonchev–Trinajstić information content (AvgIpc) is 1.88. The normalized spacial score (nSPS) is 11.5. The third-order valence-corrected chi connectivity index (χ3v) is 1.61. The predicted molar refractivity (Wildman–Crippen MR) is 41.9 cm³/mol. The Hall–Kier alpha value is -0.650. The zero-order chi connectivity index (χ0) is 8.91. The van der Waals surface area contributed by atoms with Gasteiger partial charge in [0.15, 0.2) is 0 Å². The Balaban J connectivity index is 4.13. The number of rotatable bonds is 5. The molecule has 11 heavy (non-hydrogen) atoms. The molecule has 0 rings (SSSR count). The van der Waals surface area contributed by atoms with Crippen molar-refractivity contribution in [2.45, 2.75) is 18.4 Å². The molecule has 0 aliphatic rings. The molecule has 0 aliphatic heterocycles. The standard InChI is InChI=1S/C6H15N3O2/c7-3-1-6(9,2-4-8)5(10)11/h1-4,7-9H2,(H,10,11). The van der Waals surface area contributed by atoms with Crippen molar-refractivity contribution in [3.8, 4) is 0 Å². The fraction of sp³-hybridized carbons (Fsp3) is 0.833. The second kappa shape index (κ2) is 4.27. The fourth-order valence-corrected chi connectivity index (χ4v) is 0.854. The van der Waals surface area contributed by atoms with Crippen LogP contribution in [0.25, 0.3) is 0 Å². The number of carboxylic acids is 1. The molecule has 0 spiro atoms. The summed E-state index contributed by atoms with van der Waals surface area (Å²) in [5.41, 5.74) is 14.7. The Bertz CT molecular complexity index is 132. The summed E-state index contributed by atoms with van der Waals surface area (Å²) in [4.78, 5) is 10.6. The highest BCUT2D eigenvalue weighted by Crippen LogP contribution is 2.09. The number of carbonyl (C=O) groups is 1. The molecule has 0 bridgehead atoms. The second-order valence-electron chi connectivity index (χ2n) is 2.54. The third-order valence-electron chi connectivity index (χ3n) is 1.61. The molecular formula is C6H15N3O2. The highest BCUT2D eigenvalue weighted by molar-refractivity contribution is 5.78. The Labute approximate surface area is 65.5 Å².